The lowest BCUT2D eigenvalue weighted by Crippen LogP contribution is -2.54. The molecule has 2 heterocycles. The number of amides is 2. The van der Waals surface area contributed by atoms with E-state index in [9.17, 15) is 9.59 Å². The highest BCUT2D eigenvalue weighted by Crippen LogP contribution is 2.16. The second-order valence-corrected chi connectivity index (χ2v) is 6.48. The van der Waals surface area contributed by atoms with Crippen molar-refractivity contribution >= 4 is 12.0 Å². The molecule has 0 aromatic carbocycles. The van der Waals surface area contributed by atoms with E-state index in [0.717, 1.165) is 25.9 Å². The molecule has 21 heavy (non-hydrogen) atoms. The first kappa shape index (κ1) is 16.1. The van der Waals surface area contributed by atoms with E-state index in [4.69, 9.17) is 9.47 Å². The van der Waals surface area contributed by atoms with Gasteiger partial charge < -0.3 is 19.3 Å². The first-order valence-electron chi connectivity index (χ1n) is 7.57. The number of carbonyl (C=O) groups is 2. The molecule has 1 radical (unpaired) electrons. The van der Waals surface area contributed by atoms with E-state index in [2.05, 4.69) is 6.42 Å². The fraction of sp³-hybridized carbons (Fsp3) is 0.800. The summed E-state index contributed by atoms with van der Waals surface area (Å²) in [5.41, 5.74) is -0.530. The van der Waals surface area contributed by atoms with Gasteiger partial charge in [0.15, 0.2) is 6.10 Å². The van der Waals surface area contributed by atoms with Gasteiger partial charge in [0.1, 0.15) is 5.60 Å². The molecule has 0 N–H and O–H groups in total. The van der Waals surface area contributed by atoms with E-state index in [1.807, 2.05) is 25.7 Å². The topological polar surface area (TPSA) is 59.1 Å². The van der Waals surface area contributed by atoms with Crippen LogP contribution in [0.4, 0.5) is 4.79 Å². The summed E-state index contributed by atoms with van der Waals surface area (Å²) >= 11 is 0. The van der Waals surface area contributed by atoms with Crippen LogP contribution in [0.25, 0.3) is 0 Å². The Morgan fingerprint density at radius 2 is 1.81 bits per heavy atom. The van der Waals surface area contributed by atoms with E-state index in [-0.39, 0.29) is 18.5 Å². The molecule has 6 heteroatoms. The molecule has 2 aliphatic heterocycles. The standard InChI is InChI=1S/C15H25N2O4/c1-15(2,3)21-14(19)17-9-10-20-12(11-17)13(18)16-7-5-4-6-8-16/h4,12H,5-11H2,1-3H3. The predicted octanol–water partition coefficient (Wildman–Crippen LogP) is 1.45. The van der Waals surface area contributed by atoms with Gasteiger partial charge in [0.25, 0.3) is 5.91 Å². The van der Waals surface area contributed by atoms with Gasteiger partial charge in [0.05, 0.1) is 13.2 Å². The molecule has 2 saturated heterocycles. The van der Waals surface area contributed by atoms with Crippen LogP contribution in [-0.4, -0.2) is 66.3 Å². The molecule has 119 valence electrons. The smallest absolute Gasteiger partial charge is 0.410 e. The van der Waals surface area contributed by atoms with Crippen molar-refractivity contribution in [1.82, 2.24) is 9.80 Å². The van der Waals surface area contributed by atoms with Crippen molar-refractivity contribution in [3.8, 4) is 0 Å². The minimum absolute atomic E-state index is 0.0173. The zero-order valence-corrected chi connectivity index (χ0v) is 13.1. The third-order valence-corrected chi connectivity index (χ3v) is 3.51. The number of ether oxygens (including phenoxy) is 2. The Kier molecular flexibility index (Phi) is 5.08. The fourth-order valence-electron chi connectivity index (χ4n) is 2.47. The lowest BCUT2D eigenvalue weighted by atomic mass is 10.1. The minimum Gasteiger partial charge on any atom is -0.444 e. The van der Waals surface area contributed by atoms with Crippen molar-refractivity contribution < 1.29 is 19.1 Å². The lowest BCUT2D eigenvalue weighted by Gasteiger charge is -2.36. The van der Waals surface area contributed by atoms with Crippen LogP contribution in [0.3, 0.4) is 0 Å². The molecule has 0 bridgehead atoms. The Labute approximate surface area is 126 Å². The highest BCUT2D eigenvalue weighted by atomic mass is 16.6. The summed E-state index contributed by atoms with van der Waals surface area (Å²) in [5.74, 6) is -0.0173. The maximum atomic E-state index is 12.4. The summed E-state index contributed by atoms with van der Waals surface area (Å²) < 4.78 is 10.9. The van der Waals surface area contributed by atoms with Crippen molar-refractivity contribution in [2.75, 3.05) is 32.8 Å². The Hall–Kier alpha value is -1.30. The quantitative estimate of drug-likeness (QED) is 0.735. The number of morpholine rings is 1. The van der Waals surface area contributed by atoms with E-state index in [1.165, 1.54) is 0 Å². The second-order valence-electron chi connectivity index (χ2n) is 6.48. The van der Waals surface area contributed by atoms with Gasteiger partial charge in [-0.2, -0.15) is 0 Å². The minimum atomic E-state index is -0.565. The van der Waals surface area contributed by atoms with Gasteiger partial charge in [-0.15, -0.1) is 0 Å². The normalized spacial score (nSPS) is 23.9. The van der Waals surface area contributed by atoms with Crippen molar-refractivity contribution in [1.29, 1.82) is 0 Å². The zero-order chi connectivity index (χ0) is 15.5. The lowest BCUT2D eigenvalue weighted by molar-refractivity contribution is -0.149. The Balaban J connectivity index is 1.90. The SMILES string of the molecule is CC(C)(C)OC(=O)N1CCOC(C(=O)N2CC[CH]CC2)C1. The summed E-state index contributed by atoms with van der Waals surface area (Å²) in [5, 5.41) is 0. The number of likely N-dealkylation sites (tertiary alicyclic amines) is 1. The molecule has 0 aromatic heterocycles. The average molecular weight is 297 g/mol. The van der Waals surface area contributed by atoms with Crippen LogP contribution in [0.15, 0.2) is 0 Å². The predicted molar refractivity (Wildman–Crippen MR) is 77.7 cm³/mol. The third-order valence-electron chi connectivity index (χ3n) is 3.51. The summed E-state index contributed by atoms with van der Waals surface area (Å²) in [6.07, 6.45) is 3.10. The molecule has 0 spiro atoms. The van der Waals surface area contributed by atoms with Crippen molar-refractivity contribution in [3.05, 3.63) is 6.42 Å². The largest absolute Gasteiger partial charge is 0.444 e. The molecule has 6 nitrogen and oxygen atoms in total. The molecule has 2 rings (SSSR count). The molecule has 2 aliphatic rings. The molecule has 1 unspecified atom stereocenters. The zero-order valence-electron chi connectivity index (χ0n) is 13.1. The molecular formula is C15H25N2O4. The van der Waals surface area contributed by atoms with Gasteiger partial charge in [-0.3, -0.25) is 4.79 Å². The highest BCUT2D eigenvalue weighted by molar-refractivity contribution is 5.82. The van der Waals surface area contributed by atoms with E-state index >= 15 is 0 Å². The fourth-order valence-corrected chi connectivity index (χ4v) is 2.47. The number of hydrogen-bond acceptors (Lipinski definition) is 4. The maximum absolute atomic E-state index is 12.4. The summed E-state index contributed by atoms with van der Waals surface area (Å²) in [6, 6.07) is 0. The first-order chi connectivity index (χ1) is 9.87. The number of piperidine rings is 1. The molecule has 0 aromatic rings. The van der Waals surface area contributed by atoms with E-state index in [0.29, 0.717) is 13.2 Å². The van der Waals surface area contributed by atoms with Crippen LogP contribution in [0, 0.1) is 6.42 Å². The Morgan fingerprint density at radius 1 is 1.14 bits per heavy atom. The Bertz CT molecular complexity index is 386. The molecular weight excluding hydrogens is 272 g/mol. The number of hydrogen-bond donors (Lipinski definition) is 0. The monoisotopic (exact) mass is 297 g/mol. The molecule has 0 aliphatic carbocycles. The summed E-state index contributed by atoms with van der Waals surface area (Å²) in [6.45, 7) is 8.08. The van der Waals surface area contributed by atoms with Crippen molar-refractivity contribution in [2.24, 2.45) is 0 Å². The Morgan fingerprint density at radius 3 is 2.43 bits per heavy atom. The number of nitrogens with zero attached hydrogens (tertiary/aromatic N) is 2. The summed E-state index contributed by atoms with van der Waals surface area (Å²) in [4.78, 5) is 27.9. The van der Waals surface area contributed by atoms with Crippen molar-refractivity contribution in [3.63, 3.8) is 0 Å². The molecule has 2 amide bonds. The average Bonchev–Trinajstić information content (AvgIpc) is 2.46. The number of carbonyl (C=O) groups excluding carboxylic acids is 2. The second kappa shape index (κ2) is 6.64. The van der Waals surface area contributed by atoms with Gasteiger partial charge in [-0.25, -0.2) is 4.79 Å². The van der Waals surface area contributed by atoms with Crippen LogP contribution < -0.4 is 0 Å². The van der Waals surface area contributed by atoms with Gasteiger partial charge in [-0.1, -0.05) is 0 Å². The van der Waals surface area contributed by atoms with Crippen LogP contribution in [0.5, 0.6) is 0 Å². The third kappa shape index (κ3) is 4.59. The van der Waals surface area contributed by atoms with Crippen molar-refractivity contribution in [2.45, 2.75) is 45.3 Å². The highest BCUT2D eigenvalue weighted by Gasteiger charge is 2.34. The first-order valence-corrected chi connectivity index (χ1v) is 7.57. The maximum Gasteiger partial charge on any atom is 0.410 e. The van der Waals surface area contributed by atoms with Crippen LogP contribution in [-0.2, 0) is 14.3 Å². The van der Waals surface area contributed by atoms with E-state index < -0.39 is 11.7 Å². The van der Waals surface area contributed by atoms with E-state index in [1.54, 1.807) is 4.90 Å². The number of rotatable bonds is 1. The van der Waals surface area contributed by atoms with Gasteiger partial charge in [0.2, 0.25) is 0 Å². The van der Waals surface area contributed by atoms with Crippen LogP contribution in [0.2, 0.25) is 0 Å². The van der Waals surface area contributed by atoms with Crippen LogP contribution in [0.1, 0.15) is 33.6 Å². The molecule has 2 fully saturated rings. The molecule has 0 saturated carbocycles. The van der Waals surface area contributed by atoms with Gasteiger partial charge >= 0.3 is 6.09 Å². The van der Waals surface area contributed by atoms with Gasteiger partial charge in [0, 0.05) is 19.6 Å². The molecule has 1 atom stereocenters. The summed E-state index contributed by atoms with van der Waals surface area (Å²) in [7, 11) is 0. The van der Waals surface area contributed by atoms with Crippen LogP contribution >= 0.6 is 0 Å². The van der Waals surface area contributed by atoms with Gasteiger partial charge in [-0.05, 0) is 40.0 Å².